The van der Waals surface area contributed by atoms with E-state index >= 15 is 0 Å². The van der Waals surface area contributed by atoms with Gasteiger partial charge in [0.15, 0.2) is 11.3 Å². The lowest BCUT2D eigenvalue weighted by Gasteiger charge is -2.10. The summed E-state index contributed by atoms with van der Waals surface area (Å²) in [6.07, 6.45) is 4.10. The summed E-state index contributed by atoms with van der Waals surface area (Å²) in [6.45, 7) is 3.89. The van der Waals surface area contributed by atoms with E-state index in [1.807, 2.05) is 19.9 Å². The van der Waals surface area contributed by atoms with Crippen molar-refractivity contribution in [3.8, 4) is 0 Å². The monoisotopic (exact) mass is 284 g/mol. The van der Waals surface area contributed by atoms with E-state index in [0.717, 1.165) is 11.4 Å². The molecule has 2 N–H and O–H groups in total. The van der Waals surface area contributed by atoms with Gasteiger partial charge < -0.3 is 5.32 Å². The number of carbonyl (C=O) groups excluding carboxylic acids is 1. The summed E-state index contributed by atoms with van der Waals surface area (Å²) in [5.74, 6) is -0.208. The molecule has 0 spiro atoms. The maximum Gasteiger partial charge on any atom is 0.272 e. The number of aromatic amines is 1. The third-order valence-corrected chi connectivity index (χ3v) is 3.12. The molecule has 1 atom stereocenters. The van der Waals surface area contributed by atoms with Crippen molar-refractivity contribution < 1.29 is 4.79 Å². The average Bonchev–Trinajstić information content (AvgIpc) is 3.04. The van der Waals surface area contributed by atoms with E-state index in [-0.39, 0.29) is 11.9 Å². The summed E-state index contributed by atoms with van der Waals surface area (Å²) in [5.41, 5.74) is 2.95. The summed E-state index contributed by atoms with van der Waals surface area (Å²) < 4.78 is 1.58. The Balaban J connectivity index is 1.67. The Labute approximate surface area is 121 Å². The molecule has 0 aliphatic carbocycles. The van der Waals surface area contributed by atoms with Crippen molar-refractivity contribution in [2.45, 2.75) is 26.3 Å². The molecule has 0 bridgehead atoms. The van der Waals surface area contributed by atoms with E-state index in [4.69, 9.17) is 0 Å². The van der Waals surface area contributed by atoms with Crippen molar-refractivity contribution in [3.63, 3.8) is 0 Å². The van der Waals surface area contributed by atoms with Crippen molar-refractivity contribution in [2.75, 3.05) is 0 Å². The minimum Gasteiger partial charge on any atom is -0.348 e. The molecule has 3 rings (SSSR count). The quantitative estimate of drug-likeness (QED) is 0.751. The molecule has 21 heavy (non-hydrogen) atoms. The van der Waals surface area contributed by atoms with Crippen molar-refractivity contribution in [2.24, 2.45) is 0 Å². The number of nitrogens with one attached hydrogen (secondary N) is 2. The highest BCUT2D eigenvalue weighted by molar-refractivity contribution is 5.93. The molecule has 0 radical (unpaired) electrons. The largest absolute Gasteiger partial charge is 0.348 e. The number of aromatic nitrogens is 5. The number of H-pyrrole nitrogens is 1. The maximum absolute atomic E-state index is 12.2. The maximum atomic E-state index is 12.2. The SMILES string of the molecule is Cc1cc(C[C@@H](C)NC(=O)c2cc3ncccn3n2)n[nH]1. The van der Waals surface area contributed by atoms with Crippen LogP contribution in [0.3, 0.4) is 0 Å². The molecular formula is C14H16N6O. The molecule has 0 fully saturated rings. The number of hydrogen-bond donors (Lipinski definition) is 2. The predicted molar refractivity (Wildman–Crippen MR) is 76.9 cm³/mol. The van der Waals surface area contributed by atoms with Gasteiger partial charge >= 0.3 is 0 Å². The van der Waals surface area contributed by atoms with Crippen molar-refractivity contribution >= 4 is 11.6 Å². The van der Waals surface area contributed by atoms with Crippen molar-refractivity contribution in [3.05, 3.63) is 47.7 Å². The van der Waals surface area contributed by atoms with Crippen LogP contribution in [0.1, 0.15) is 28.8 Å². The van der Waals surface area contributed by atoms with Gasteiger partial charge in [-0.2, -0.15) is 10.2 Å². The Hall–Kier alpha value is -2.70. The third kappa shape index (κ3) is 2.91. The van der Waals surface area contributed by atoms with Crippen LogP contribution in [0.4, 0.5) is 0 Å². The Bertz CT molecular complexity index is 741. The first kappa shape index (κ1) is 13.3. The zero-order valence-corrected chi connectivity index (χ0v) is 11.9. The number of aryl methyl sites for hydroxylation is 1. The van der Waals surface area contributed by atoms with E-state index in [0.29, 0.717) is 17.8 Å². The fourth-order valence-electron chi connectivity index (χ4n) is 2.18. The number of rotatable bonds is 4. The number of carbonyl (C=O) groups is 1. The fourth-order valence-corrected chi connectivity index (χ4v) is 2.18. The zero-order chi connectivity index (χ0) is 14.8. The van der Waals surface area contributed by atoms with Gasteiger partial charge in [0.2, 0.25) is 0 Å². The summed E-state index contributed by atoms with van der Waals surface area (Å²) in [7, 11) is 0. The van der Waals surface area contributed by atoms with E-state index in [9.17, 15) is 4.79 Å². The van der Waals surface area contributed by atoms with Crippen LogP contribution >= 0.6 is 0 Å². The van der Waals surface area contributed by atoms with Gasteiger partial charge in [0.1, 0.15) is 0 Å². The second-order valence-corrected chi connectivity index (χ2v) is 5.07. The average molecular weight is 284 g/mol. The molecule has 7 heteroatoms. The van der Waals surface area contributed by atoms with Gasteiger partial charge in [-0.3, -0.25) is 9.89 Å². The van der Waals surface area contributed by atoms with Crippen LogP contribution in [0.25, 0.3) is 5.65 Å². The number of amides is 1. The Morgan fingerprint density at radius 1 is 1.48 bits per heavy atom. The molecule has 3 aromatic rings. The van der Waals surface area contributed by atoms with Gasteiger partial charge in [-0.1, -0.05) is 0 Å². The smallest absolute Gasteiger partial charge is 0.272 e. The van der Waals surface area contributed by atoms with Crippen molar-refractivity contribution in [1.82, 2.24) is 30.1 Å². The summed E-state index contributed by atoms with van der Waals surface area (Å²) >= 11 is 0. The lowest BCUT2D eigenvalue weighted by molar-refractivity contribution is 0.0934. The molecule has 0 aromatic carbocycles. The normalized spacial score (nSPS) is 12.5. The molecule has 3 heterocycles. The van der Waals surface area contributed by atoms with Crippen LogP contribution in [0.5, 0.6) is 0 Å². The highest BCUT2D eigenvalue weighted by Gasteiger charge is 2.15. The highest BCUT2D eigenvalue weighted by Crippen LogP contribution is 2.05. The Morgan fingerprint density at radius 3 is 3.05 bits per heavy atom. The Morgan fingerprint density at radius 2 is 2.33 bits per heavy atom. The summed E-state index contributed by atoms with van der Waals surface area (Å²) in [6, 6.07) is 5.38. The molecule has 0 saturated carbocycles. The van der Waals surface area contributed by atoms with Crippen LogP contribution < -0.4 is 5.32 Å². The minimum atomic E-state index is -0.208. The van der Waals surface area contributed by atoms with Gasteiger partial charge in [0.25, 0.3) is 5.91 Å². The van der Waals surface area contributed by atoms with E-state index in [1.165, 1.54) is 0 Å². The molecular weight excluding hydrogens is 268 g/mol. The van der Waals surface area contributed by atoms with E-state index in [1.54, 1.807) is 29.0 Å². The van der Waals surface area contributed by atoms with Gasteiger partial charge in [-0.25, -0.2) is 9.50 Å². The molecule has 0 saturated heterocycles. The third-order valence-electron chi connectivity index (χ3n) is 3.12. The molecule has 108 valence electrons. The topological polar surface area (TPSA) is 88.0 Å². The second-order valence-electron chi connectivity index (χ2n) is 5.07. The number of nitrogens with zero attached hydrogens (tertiary/aromatic N) is 4. The van der Waals surface area contributed by atoms with Crippen LogP contribution in [0, 0.1) is 6.92 Å². The highest BCUT2D eigenvalue weighted by atomic mass is 16.2. The first-order valence-electron chi connectivity index (χ1n) is 6.74. The summed E-state index contributed by atoms with van der Waals surface area (Å²) in [4.78, 5) is 16.3. The molecule has 7 nitrogen and oxygen atoms in total. The molecule has 0 unspecified atom stereocenters. The van der Waals surface area contributed by atoms with Crippen molar-refractivity contribution in [1.29, 1.82) is 0 Å². The lowest BCUT2D eigenvalue weighted by atomic mass is 10.1. The number of fused-ring (bicyclic) bond motifs is 1. The fraction of sp³-hybridized carbons (Fsp3) is 0.286. The van der Waals surface area contributed by atoms with Gasteiger partial charge in [0, 0.05) is 36.6 Å². The predicted octanol–water partition coefficient (Wildman–Crippen LogP) is 1.12. The zero-order valence-electron chi connectivity index (χ0n) is 11.9. The van der Waals surface area contributed by atoms with Gasteiger partial charge in [-0.15, -0.1) is 0 Å². The first-order valence-corrected chi connectivity index (χ1v) is 6.74. The first-order chi connectivity index (χ1) is 10.1. The molecule has 0 aliphatic heterocycles. The molecule has 0 aliphatic rings. The van der Waals surface area contributed by atoms with Gasteiger partial charge in [-0.05, 0) is 26.0 Å². The second kappa shape index (κ2) is 5.35. The number of hydrogen-bond acceptors (Lipinski definition) is 4. The van der Waals surface area contributed by atoms with E-state index < -0.39 is 0 Å². The lowest BCUT2D eigenvalue weighted by Crippen LogP contribution is -2.34. The minimum absolute atomic E-state index is 0.0297. The Kier molecular flexibility index (Phi) is 3.39. The van der Waals surface area contributed by atoms with Crippen LogP contribution in [-0.4, -0.2) is 36.7 Å². The standard InChI is InChI=1S/C14H16N6O/c1-9(6-11-7-10(2)17-18-11)16-14(21)12-8-13-15-4-3-5-20(13)19-12/h3-5,7-9H,6H2,1-2H3,(H,16,21)(H,17,18)/t9-/m1/s1. The molecule has 1 amide bonds. The van der Waals surface area contributed by atoms with Gasteiger partial charge in [0.05, 0.1) is 5.69 Å². The van der Waals surface area contributed by atoms with E-state index in [2.05, 4.69) is 25.6 Å². The summed E-state index contributed by atoms with van der Waals surface area (Å²) in [5, 5.41) is 14.2. The molecule has 3 aromatic heterocycles. The van der Waals surface area contributed by atoms with Crippen LogP contribution in [-0.2, 0) is 6.42 Å². The van der Waals surface area contributed by atoms with Crippen LogP contribution in [0.2, 0.25) is 0 Å². The van der Waals surface area contributed by atoms with Crippen LogP contribution in [0.15, 0.2) is 30.6 Å².